The number of aromatic nitrogens is 4. The molecular formula is C14H21N5O. The monoisotopic (exact) mass is 275 g/mol. The summed E-state index contributed by atoms with van der Waals surface area (Å²) < 4.78 is 7.21. The van der Waals surface area contributed by atoms with Crippen LogP contribution < -0.4 is 5.32 Å². The molecule has 0 bridgehead atoms. The lowest BCUT2D eigenvalue weighted by Crippen LogP contribution is -2.31. The lowest BCUT2D eigenvalue weighted by Gasteiger charge is -2.17. The van der Waals surface area contributed by atoms with Crippen LogP contribution in [0.5, 0.6) is 0 Å². The van der Waals surface area contributed by atoms with E-state index in [1.54, 1.807) is 4.68 Å². The molecule has 6 heteroatoms. The summed E-state index contributed by atoms with van der Waals surface area (Å²) in [6.45, 7) is 3.23. The van der Waals surface area contributed by atoms with Gasteiger partial charge in [-0.15, -0.1) is 0 Å². The largest absolute Gasteiger partial charge is 0.339 e. The van der Waals surface area contributed by atoms with Gasteiger partial charge in [0, 0.05) is 19.3 Å². The summed E-state index contributed by atoms with van der Waals surface area (Å²) in [5.74, 6) is 1.67. The number of aryl methyl sites for hydroxylation is 1. The molecule has 1 aliphatic rings. The first-order valence-corrected chi connectivity index (χ1v) is 7.35. The molecule has 2 aromatic heterocycles. The number of hydrogen-bond donors (Lipinski definition) is 1. The number of hydrogen-bond acceptors (Lipinski definition) is 5. The number of nitrogens with one attached hydrogen (secondary N) is 1. The highest BCUT2D eigenvalue weighted by Crippen LogP contribution is 2.34. The highest BCUT2D eigenvalue weighted by atomic mass is 16.5. The Morgan fingerprint density at radius 3 is 3.10 bits per heavy atom. The van der Waals surface area contributed by atoms with Crippen LogP contribution in [-0.4, -0.2) is 32.5 Å². The first-order valence-electron chi connectivity index (χ1n) is 7.35. The average molecular weight is 275 g/mol. The van der Waals surface area contributed by atoms with Crippen molar-refractivity contribution in [3.05, 3.63) is 18.2 Å². The van der Waals surface area contributed by atoms with Gasteiger partial charge in [-0.05, 0) is 31.9 Å². The summed E-state index contributed by atoms with van der Waals surface area (Å²) in [6.07, 6.45) is 6.54. The molecule has 3 rings (SSSR count). The van der Waals surface area contributed by atoms with E-state index in [-0.39, 0.29) is 0 Å². The fraction of sp³-hybridized carbons (Fsp3) is 0.643. The zero-order chi connectivity index (χ0) is 13.9. The van der Waals surface area contributed by atoms with E-state index in [1.165, 1.54) is 12.8 Å². The molecule has 1 aliphatic carbocycles. The van der Waals surface area contributed by atoms with Crippen molar-refractivity contribution in [3.8, 4) is 11.5 Å². The molecule has 108 valence electrons. The topological polar surface area (TPSA) is 68.8 Å². The van der Waals surface area contributed by atoms with Crippen LogP contribution in [0.1, 0.15) is 44.4 Å². The van der Waals surface area contributed by atoms with E-state index in [0.29, 0.717) is 17.8 Å². The Bertz CT molecular complexity index is 561. The minimum absolute atomic E-state index is 0.339. The second-order valence-corrected chi connectivity index (χ2v) is 5.43. The molecule has 0 aromatic carbocycles. The molecule has 20 heavy (non-hydrogen) atoms. The van der Waals surface area contributed by atoms with Crippen LogP contribution in [0.3, 0.4) is 0 Å². The van der Waals surface area contributed by atoms with Crippen molar-refractivity contribution in [1.29, 1.82) is 0 Å². The molecule has 0 spiro atoms. The van der Waals surface area contributed by atoms with Crippen LogP contribution in [0.2, 0.25) is 0 Å². The predicted octanol–water partition coefficient (Wildman–Crippen LogP) is 2.11. The lowest BCUT2D eigenvalue weighted by atomic mass is 10.0. The third-order valence-corrected chi connectivity index (χ3v) is 3.87. The van der Waals surface area contributed by atoms with Crippen molar-refractivity contribution in [1.82, 2.24) is 25.2 Å². The molecule has 0 radical (unpaired) electrons. The van der Waals surface area contributed by atoms with Gasteiger partial charge in [0.1, 0.15) is 5.69 Å². The van der Waals surface area contributed by atoms with E-state index < -0.39 is 0 Å². The maximum absolute atomic E-state index is 5.47. The summed E-state index contributed by atoms with van der Waals surface area (Å²) in [5.41, 5.74) is 0.763. The van der Waals surface area contributed by atoms with Gasteiger partial charge in [0.25, 0.3) is 0 Å². The van der Waals surface area contributed by atoms with Crippen LogP contribution in [-0.2, 0) is 7.05 Å². The molecule has 2 heterocycles. The van der Waals surface area contributed by atoms with E-state index in [4.69, 9.17) is 4.52 Å². The Balaban J connectivity index is 1.75. The van der Waals surface area contributed by atoms with Crippen molar-refractivity contribution < 1.29 is 4.52 Å². The maximum atomic E-state index is 5.47. The normalized spacial score (nSPS) is 22.5. The Kier molecular flexibility index (Phi) is 3.82. The fourth-order valence-corrected chi connectivity index (χ4v) is 2.85. The van der Waals surface area contributed by atoms with Crippen LogP contribution in [0, 0.1) is 0 Å². The molecule has 6 nitrogen and oxygen atoms in total. The van der Waals surface area contributed by atoms with Crippen molar-refractivity contribution in [2.75, 3.05) is 6.54 Å². The van der Waals surface area contributed by atoms with E-state index in [1.807, 2.05) is 19.3 Å². The lowest BCUT2D eigenvalue weighted by molar-refractivity contribution is 0.330. The Morgan fingerprint density at radius 1 is 1.45 bits per heavy atom. The number of rotatable bonds is 5. The van der Waals surface area contributed by atoms with Gasteiger partial charge >= 0.3 is 0 Å². The van der Waals surface area contributed by atoms with Crippen LogP contribution >= 0.6 is 0 Å². The van der Waals surface area contributed by atoms with Crippen LogP contribution in [0.4, 0.5) is 0 Å². The summed E-state index contributed by atoms with van der Waals surface area (Å²) in [6, 6.07) is 2.36. The third-order valence-electron chi connectivity index (χ3n) is 3.87. The molecule has 0 aliphatic heterocycles. The van der Waals surface area contributed by atoms with Gasteiger partial charge < -0.3 is 9.84 Å². The van der Waals surface area contributed by atoms with Gasteiger partial charge in [0.15, 0.2) is 0 Å². The quantitative estimate of drug-likeness (QED) is 0.905. The second kappa shape index (κ2) is 5.75. The van der Waals surface area contributed by atoms with Gasteiger partial charge in [0.2, 0.25) is 11.7 Å². The second-order valence-electron chi connectivity index (χ2n) is 5.43. The van der Waals surface area contributed by atoms with E-state index in [2.05, 4.69) is 27.5 Å². The average Bonchev–Trinajstić information content (AvgIpc) is 3.15. The smallest absolute Gasteiger partial charge is 0.231 e. The van der Waals surface area contributed by atoms with Crippen molar-refractivity contribution >= 4 is 0 Å². The minimum atomic E-state index is 0.339. The minimum Gasteiger partial charge on any atom is -0.339 e. The van der Waals surface area contributed by atoms with Gasteiger partial charge in [0.05, 0.1) is 5.92 Å². The van der Waals surface area contributed by atoms with Crippen LogP contribution in [0.15, 0.2) is 16.8 Å². The van der Waals surface area contributed by atoms with Gasteiger partial charge in [-0.3, -0.25) is 4.68 Å². The summed E-state index contributed by atoms with van der Waals surface area (Å²) >= 11 is 0. The summed E-state index contributed by atoms with van der Waals surface area (Å²) in [5, 5.41) is 12.0. The zero-order valence-corrected chi connectivity index (χ0v) is 12.0. The Hall–Kier alpha value is -1.69. The fourth-order valence-electron chi connectivity index (χ4n) is 2.85. The first kappa shape index (κ1) is 13.3. The third kappa shape index (κ3) is 2.60. The Labute approximate surface area is 118 Å². The van der Waals surface area contributed by atoms with Crippen molar-refractivity contribution in [2.24, 2.45) is 7.05 Å². The predicted molar refractivity (Wildman–Crippen MR) is 75.2 cm³/mol. The number of nitrogens with zero attached hydrogens (tertiary/aromatic N) is 4. The molecule has 0 amide bonds. The maximum Gasteiger partial charge on any atom is 0.231 e. The van der Waals surface area contributed by atoms with Crippen molar-refractivity contribution in [3.63, 3.8) is 0 Å². The van der Waals surface area contributed by atoms with Gasteiger partial charge in [-0.1, -0.05) is 18.5 Å². The Morgan fingerprint density at radius 2 is 2.35 bits per heavy atom. The first-order chi connectivity index (χ1) is 9.78. The van der Waals surface area contributed by atoms with Crippen molar-refractivity contribution in [2.45, 2.75) is 44.6 Å². The van der Waals surface area contributed by atoms with E-state index in [0.717, 1.165) is 31.0 Å². The standard InChI is InChI=1S/C14H21N5O/c1-3-8-15-11-6-4-5-10(11)14-16-13(18-20-14)12-7-9-19(2)17-12/h7,9-11,15H,3-6,8H2,1-2H3. The molecule has 1 N–H and O–H groups in total. The molecule has 2 unspecified atom stereocenters. The highest BCUT2D eigenvalue weighted by Gasteiger charge is 2.32. The highest BCUT2D eigenvalue weighted by molar-refractivity contribution is 5.46. The molecular weight excluding hydrogens is 254 g/mol. The molecule has 2 atom stereocenters. The summed E-state index contributed by atoms with van der Waals surface area (Å²) in [4.78, 5) is 4.54. The van der Waals surface area contributed by atoms with E-state index in [9.17, 15) is 0 Å². The van der Waals surface area contributed by atoms with Gasteiger partial charge in [-0.2, -0.15) is 10.1 Å². The zero-order valence-electron chi connectivity index (χ0n) is 12.0. The molecule has 1 fully saturated rings. The van der Waals surface area contributed by atoms with E-state index >= 15 is 0 Å². The molecule has 2 aromatic rings. The summed E-state index contributed by atoms with van der Waals surface area (Å²) in [7, 11) is 1.88. The molecule has 1 saturated carbocycles. The molecule has 0 saturated heterocycles. The van der Waals surface area contributed by atoms with Gasteiger partial charge in [-0.25, -0.2) is 0 Å². The SMILES string of the molecule is CCCNC1CCCC1c1nc(-c2ccn(C)n2)no1. The van der Waals surface area contributed by atoms with Crippen LogP contribution in [0.25, 0.3) is 11.5 Å².